The first-order chi connectivity index (χ1) is 11.4. The minimum atomic E-state index is -0.826. The number of hydrogen-bond acceptors (Lipinski definition) is 0. The van der Waals surface area contributed by atoms with Crippen molar-refractivity contribution in [2.75, 3.05) is 0 Å². The van der Waals surface area contributed by atoms with Gasteiger partial charge in [0.1, 0.15) is 0 Å². The molecule has 0 radical (unpaired) electrons. The average molecular weight is 454 g/mol. The summed E-state index contributed by atoms with van der Waals surface area (Å²) in [6, 6.07) is 4.64. The zero-order valence-corrected chi connectivity index (χ0v) is 19.9. The topological polar surface area (TPSA) is 0 Å². The molecule has 0 fully saturated rings. The summed E-state index contributed by atoms with van der Waals surface area (Å²) < 4.78 is 0. The van der Waals surface area contributed by atoms with Crippen LogP contribution in [-0.4, -0.2) is 8.41 Å². The summed E-state index contributed by atoms with van der Waals surface area (Å²) in [6.07, 6.45) is 11.4. The van der Waals surface area contributed by atoms with Gasteiger partial charge in [-0.1, -0.05) is 68.0 Å². The third-order valence-corrected chi connectivity index (χ3v) is 5.91. The van der Waals surface area contributed by atoms with Gasteiger partial charge in [0.05, 0.1) is 0 Å². The Balaban J connectivity index is 0.000000647. The summed E-state index contributed by atoms with van der Waals surface area (Å²) in [7, 11) is 9.41. The van der Waals surface area contributed by atoms with Gasteiger partial charge in [0.2, 0.25) is 0 Å². The molecule has 0 spiro atoms. The molecule has 0 N–H and O–H groups in total. The number of fused-ring (bicyclic) bond motifs is 1. The molecular weight excluding hydrogens is 430 g/mol. The van der Waals surface area contributed by atoms with Crippen molar-refractivity contribution < 1.29 is 20.8 Å². The van der Waals surface area contributed by atoms with E-state index in [0.29, 0.717) is 5.92 Å². The van der Waals surface area contributed by atoms with Crippen molar-refractivity contribution in [2.45, 2.75) is 46.2 Å². The van der Waals surface area contributed by atoms with Gasteiger partial charge in [-0.05, 0) is 12.3 Å². The number of halogens is 2. The molecule has 0 amide bonds. The van der Waals surface area contributed by atoms with Gasteiger partial charge in [-0.3, -0.25) is 0 Å². The molecule has 126 valence electrons. The Labute approximate surface area is 165 Å². The molecule has 1 aromatic carbocycles. The summed E-state index contributed by atoms with van der Waals surface area (Å²) >= 11 is -0.826. The quantitative estimate of drug-likeness (QED) is 0.375. The zero-order chi connectivity index (χ0) is 17.9. The third kappa shape index (κ3) is 4.21. The Bertz CT molecular complexity index is 841. The Morgan fingerprint density at radius 3 is 2.38 bits per heavy atom. The minimum absolute atomic E-state index is 0.456. The van der Waals surface area contributed by atoms with Gasteiger partial charge in [0, 0.05) is 8.41 Å². The molecule has 0 unspecified atom stereocenters. The van der Waals surface area contributed by atoms with Crippen LogP contribution in [0.1, 0.15) is 44.2 Å². The average Bonchev–Trinajstić information content (AvgIpc) is 3.12. The van der Waals surface area contributed by atoms with Crippen LogP contribution in [0.15, 0.2) is 41.5 Å². The molecule has 3 rings (SSSR count). The maximum absolute atomic E-state index is 4.93. The first-order valence-corrected chi connectivity index (χ1v) is 17.0. The van der Waals surface area contributed by atoms with Crippen LogP contribution in [0, 0.1) is 4.81 Å². The second-order valence-electron chi connectivity index (χ2n) is 6.62. The maximum atomic E-state index is 4.93. The van der Waals surface area contributed by atoms with Gasteiger partial charge < -0.3 is 0 Å². The molecule has 2 aliphatic carbocycles. The van der Waals surface area contributed by atoms with Crippen LogP contribution < -0.4 is 5.22 Å². The number of hydrogen-bond donors (Lipinski definition) is 0. The standard InChI is InChI=1S/C20H23Si.2ClH.Zr/c1-13(2)18-17(21(4)5)11-10-16-12-14(3)19(20(16)18)15-8-6-7-9-15;;;/h6-8,10-11,13H,9H2,1-5H3;2*1H;/q-1;;;+2/p-2. The molecule has 24 heavy (non-hydrogen) atoms. The van der Waals surface area contributed by atoms with E-state index in [9.17, 15) is 0 Å². The summed E-state index contributed by atoms with van der Waals surface area (Å²) in [5, 5.41) is 1.30. The van der Waals surface area contributed by atoms with Crippen molar-refractivity contribution >= 4 is 37.1 Å². The van der Waals surface area contributed by atoms with Gasteiger partial charge in [-0.2, -0.15) is 5.22 Å². The fourth-order valence-corrected chi connectivity index (χ4v) is 4.88. The molecule has 0 saturated carbocycles. The summed E-state index contributed by atoms with van der Waals surface area (Å²) in [4.78, 5) is 1.59. The van der Waals surface area contributed by atoms with Crippen LogP contribution in [0.3, 0.4) is 0 Å². The van der Waals surface area contributed by atoms with E-state index in [-0.39, 0.29) is 0 Å². The summed E-state index contributed by atoms with van der Waals surface area (Å²) in [6.45, 7) is 11.7. The summed E-state index contributed by atoms with van der Waals surface area (Å²) in [5.41, 5.74) is 7.25. The number of rotatable bonds is 2. The van der Waals surface area contributed by atoms with Gasteiger partial charge in [-0.15, -0.1) is 34.9 Å². The molecular formula is C20H23Cl2SiZr-. The first-order valence-electron chi connectivity index (χ1n) is 8.20. The predicted octanol–water partition coefficient (Wildman–Crippen LogP) is 6.10. The Morgan fingerprint density at radius 2 is 1.88 bits per heavy atom. The second kappa shape index (κ2) is 9.08. The SMILES string of the molecule is CC1=C(C2=CC=CC2)c2c(C(C)C)c(=[Si](C)C)ccc2=[C-]1.[Cl][Zr][Cl]. The predicted molar refractivity (Wildman–Crippen MR) is 106 cm³/mol. The number of benzene rings is 1. The van der Waals surface area contributed by atoms with Gasteiger partial charge in [0.25, 0.3) is 0 Å². The van der Waals surface area contributed by atoms with E-state index in [1.54, 1.807) is 10.4 Å². The zero-order valence-electron chi connectivity index (χ0n) is 14.9. The molecule has 0 aromatic heterocycles. The van der Waals surface area contributed by atoms with Crippen molar-refractivity contribution in [3.63, 3.8) is 0 Å². The number of allylic oxidation sites excluding steroid dienone is 6. The van der Waals surface area contributed by atoms with Crippen molar-refractivity contribution in [1.82, 2.24) is 0 Å². The molecule has 0 bridgehead atoms. The van der Waals surface area contributed by atoms with E-state index in [1.807, 2.05) is 0 Å². The molecule has 0 atom stereocenters. The third-order valence-electron chi connectivity index (χ3n) is 4.40. The van der Waals surface area contributed by atoms with Crippen molar-refractivity contribution in [3.8, 4) is 0 Å². The van der Waals surface area contributed by atoms with Crippen LogP contribution in [-0.2, 0) is 20.8 Å². The van der Waals surface area contributed by atoms with Crippen molar-refractivity contribution in [2.24, 2.45) is 0 Å². The molecule has 0 saturated heterocycles. The van der Waals surface area contributed by atoms with Crippen molar-refractivity contribution in [1.29, 1.82) is 0 Å². The van der Waals surface area contributed by atoms with Crippen LogP contribution in [0.25, 0.3) is 11.6 Å². The van der Waals surface area contributed by atoms with Gasteiger partial charge in [-0.25, -0.2) is 0 Å². The van der Waals surface area contributed by atoms with Crippen LogP contribution in [0.5, 0.6) is 0 Å². The first kappa shape index (κ1) is 20.3. The fourth-order valence-electron chi connectivity index (χ4n) is 3.51. The van der Waals surface area contributed by atoms with Crippen molar-refractivity contribution in [3.05, 3.63) is 62.7 Å². The molecule has 0 nitrogen and oxygen atoms in total. The molecule has 0 aliphatic heterocycles. The summed E-state index contributed by atoms with van der Waals surface area (Å²) in [5.74, 6) is 0.563. The second-order valence-corrected chi connectivity index (χ2v) is 12.9. The van der Waals surface area contributed by atoms with E-state index in [2.05, 4.69) is 70.3 Å². The molecule has 2 aliphatic rings. The monoisotopic (exact) mass is 451 g/mol. The fraction of sp³-hybridized carbons (Fsp3) is 0.350. The van der Waals surface area contributed by atoms with E-state index in [1.165, 1.54) is 27.5 Å². The normalized spacial score (nSPS) is 14.9. The Kier molecular flexibility index (Phi) is 7.68. The molecule has 0 heterocycles. The van der Waals surface area contributed by atoms with Gasteiger partial charge >= 0.3 is 37.9 Å². The molecule has 1 aromatic rings. The van der Waals surface area contributed by atoms with Crippen LogP contribution in [0.2, 0.25) is 13.1 Å². The van der Waals surface area contributed by atoms with E-state index in [0.717, 1.165) is 6.42 Å². The Hall–Kier alpha value is -0.01000. The Morgan fingerprint density at radius 1 is 1.21 bits per heavy atom. The van der Waals surface area contributed by atoms with E-state index >= 15 is 0 Å². The van der Waals surface area contributed by atoms with Crippen LogP contribution in [0.4, 0.5) is 0 Å². The van der Waals surface area contributed by atoms with E-state index in [4.69, 9.17) is 17.0 Å². The van der Waals surface area contributed by atoms with Gasteiger partial charge in [0.15, 0.2) is 0 Å². The van der Waals surface area contributed by atoms with E-state index < -0.39 is 29.3 Å². The molecule has 4 heteroatoms. The van der Waals surface area contributed by atoms with Crippen LogP contribution >= 0.6 is 17.0 Å².